The van der Waals surface area contributed by atoms with E-state index in [4.69, 9.17) is 0 Å². The lowest BCUT2D eigenvalue weighted by atomic mass is 9.84. The Bertz CT molecular complexity index is 624. The summed E-state index contributed by atoms with van der Waals surface area (Å²) in [5.74, 6) is 2.01. The number of aromatic nitrogens is 4. The standard InChI is InChI=1S/C15H20N6/c1-19-10-7-16-13(19)11-20-8-3-15(12-20)4-9-21(15)14-17-5-2-6-18-14/h2,5-7,10H,3-4,8-9,11-12H2,1H3. The molecule has 2 aliphatic rings. The zero-order chi connectivity index (χ0) is 14.3. The van der Waals surface area contributed by atoms with Gasteiger partial charge < -0.3 is 9.47 Å². The molecule has 0 aromatic carbocycles. The Morgan fingerprint density at radius 2 is 1.90 bits per heavy atom. The Kier molecular flexibility index (Phi) is 2.92. The molecule has 2 fully saturated rings. The lowest BCUT2D eigenvalue weighted by molar-refractivity contribution is 0.239. The lowest BCUT2D eigenvalue weighted by Gasteiger charge is -2.50. The molecule has 2 aromatic heterocycles. The largest absolute Gasteiger partial charge is 0.337 e. The first-order valence-electron chi connectivity index (χ1n) is 7.50. The van der Waals surface area contributed by atoms with Crippen LogP contribution in [0.1, 0.15) is 18.7 Å². The van der Waals surface area contributed by atoms with Gasteiger partial charge in [-0.2, -0.15) is 0 Å². The van der Waals surface area contributed by atoms with E-state index in [0.717, 1.165) is 38.0 Å². The second-order valence-electron chi connectivity index (χ2n) is 6.09. The van der Waals surface area contributed by atoms with Gasteiger partial charge in [0.1, 0.15) is 5.82 Å². The van der Waals surface area contributed by atoms with Crippen LogP contribution in [0.3, 0.4) is 0 Å². The summed E-state index contributed by atoms with van der Waals surface area (Å²) < 4.78 is 2.10. The quantitative estimate of drug-likeness (QED) is 0.843. The fourth-order valence-corrected chi connectivity index (χ4v) is 3.53. The number of hydrogen-bond acceptors (Lipinski definition) is 5. The van der Waals surface area contributed by atoms with Crippen LogP contribution in [0.2, 0.25) is 0 Å². The molecule has 0 N–H and O–H groups in total. The van der Waals surface area contributed by atoms with E-state index in [9.17, 15) is 0 Å². The Morgan fingerprint density at radius 1 is 1.10 bits per heavy atom. The highest BCUT2D eigenvalue weighted by molar-refractivity contribution is 5.41. The summed E-state index contributed by atoms with van der Waals surface area (Å²) in [7, 11) is 2.06. The number of nitrogens with zero attached hydrogens (tertiary/aromatic N) is 6. The van der Waals surface area contributed by atoms with E-state index in [1.807, 2.05) is 30.9 Å². The predicted octanol–water partition coefficient (Wildman–Crippen LogP) is 1.06. The molecular weight excluding hydrogens is 264 g/mol. The van der Waals surface area contributed by atoms with Crippen LogP contribution in [0, 0.1) is 0 Å². The fourth-order valence-electron chi connectivity index (χ4n) is 3.53. The Balaban J connectivity index is 1.47. The van der Waals surface area contributed by atoms with Crippen molar-refractivity contribution in [2.75, 3.05) is 24.5 Å². The Hall–Kier alpha value is -1.95. The Labute approximate surface area is 124 Å². The van der Waals surface area contributed by atoms with Gasteiger partial charge in [-0.3, -0.25) is 4.90 Å². The third kappa shape index (κ3) is 2.10. The van der Waals surface area contributed by atoms with Crippen molar-refractivity contribution < 1.29 is 0 Å². The van der Waals surface area contributed by atoms with Crippen molar-refractivity contribution in [1.82, 2.24) is 24.4 Å². The zero-order valence-corrected chi connectivity index (χ0v) is 12.3. The first-order chi connectivity index (χ1) is 10.3. The van der Waals surface area contributed by atoms with Crippen LogP contribution < -0.4 is 4.90 Å². The van der Waals surface area contributed by atoms with Gasteiger partial charge in [-0.1, -0.05) is 0 Å². The van der Waals surface area contributed by atoms with Crippen LogP contribution in [0.25, 0.3) is 0 Å². The average molecular weight is 284 g/mol. The SMILES string of the molecule is Cn1ccnc1CN1CCC2(CCN2c2ncccn2)C1. The van der Waals surface area contributed by atoms with Crippen LogP contribution >= 0.6 is 0 Å². The van der Waals surface area contributed by atoms with E-state index in [-0.39, 0.29) is 5.54 Å². The van der Waals surface area contributed by atoms with E-state index >= 15 is 0 Å². The van der Waals surface area contributed by atoms with Gasteiger partial charge in [0.25, 0.3) is 0 Å². The van der Waals surface area contributed by atoms with E-state index in [2.05, 4.69) is 36.4 Å². The maximum Gasteiger partial charge on any atom is 0.225 e. The van der Waals surface area contributed by atoms with E-state index < -0.39 is 0 Å². The molecule has 6 nitrogen and oxygen atoms in total. The topological polar surface area (TPSA) is 50.1 Å². The second kappa shape index (κ2) is 4.80. The number of imidazole rings is 1. The maximum absolute atomic E-state index is 4.43. The van der Waals surface area contributed by atoms with Gasteiger partial charge in [0.15, 0.2) is 0 Å². The highest BCUT2D eigenvalue weighted by Crippen LogP contribution is 2.41. The van der Waals surface area contributed by atoms with Gasteiger partial charge in [0, 0.05) is 51.5 Å². The summed E-state index contributed by atoms with van der Waals surface area (Å²) in [5, 5.41) is 0. The van der Waals surface area contributed by atoms with Crippen LogP contribution in [0.5, 0.6) is 0 Å². The molecule has 1 spiro atoms. The number of aryl methyl sites for hydroxylation is 1. The monoisotopic (exact) mass is 284 g/mol. The molecular formula is C15H20N6. The molecule has 4 rings (SSSR count). The summed E-state index contributed by atoms with van der Waals surface area (Å²) in [6, 6.07) is 1.87. The van der Waals surface area contributed by atoms with E-state index in [1.54, 1.807) is 0 Å². The molecule has 4 heterocycles. The van der Waals surface area contributed by atoms with Crippen LogP contribution in [0.15, 0.2) is 30.9 Å². The molecule has 0 radical (unpaired) electrons. The summed E-state index contributed by atoms with van der Waals surface area (Å²) in [6.07, 6.45) is 9.96. The van der Waals surface area contributed by atoms with Gasteiger partial charge >= 0.3 is 0 Å². The minimum absolute atomic E-state index is 0.243. The first kappa shape index (κ1) is 12.8. The van der Waals surface area contributed by atoms with Crippen molar-refractivity contribution in [3.63, 3.8) is 0 Å². The summed E-state index contributed by atoms with van der Waals surface area (Å²) in [4.78, 5) is 18.1. The molecule has 0 amide bonds. The van der Waals surface area contributed by atoms with Crippen LogP contribution in [0.4, 0.5) is 5.95 Å². The molecule has 2 aromatic rings. The predicted molar refractivity (Wildman–Crippen MR) is 79.8 cm³/mol. The highest BCUT2D eigenvalue weighted by atomic mass is 15.4. The first-order valence-corrected chi connectivity index (χ1v) is 7.50. The minimum atomic E-state index is 0.243. The van der Waals surface area contributed by atoms with Crippen LogP contribution in [-0.4, -0.2) is 49.6 Å². The van der Waals surface area contributed by atoms with Crippen molar-refractivity contribution in [1.29, 1.82) is 0 Å². The number of likely N-dealkylation sites (tertiary alicyclic amines) is 1. The molecule has 2 aliphatic heterocycles. The smallest absolute Gasteiger partial charge is 0.225 e. The molecule has 0 aliphatic carbocycles. The normalized spacial score (nSPS) is 25.5. The average Bonchev–Trinajstić information content (AvgIpc) is 3.08. The number of hydrogen-bond donors (Lipinski definition) is 0. The Morgan fingerprint density at radius 3 is 2.57 bits per heavy atom. The van der Waals surface area contributed by atoms with Crippen molar-refractivity contribution >= 4 is 5.95 Å². The fraction of sp³-hybridized carbons (Fsp3) is 0.533. The van der Waals surface area contributed by atoms with Gasteiger partial charge in [0.05, 0.1) is 12.1 Å². The molecule has 6 heteroatoms. The summed E-state index contributed by atoms with van der Waals surface area (Å²) >= 11 is 0. The summed E-state index contributed by atoms with van der Waals surface area (Å²) in [6.45, 7) is 4.20. The van der Waals surface area contributed by atoms with Crippen molar-refractivity contribution in [2.45, 2.75) is 24.9 Å². The maximum atomic E-state index is 4.43. The van der Waals surface area contributed by atoms with Gasteiger partial charge in [-0.15, -0.1) is 0 Å². The summed E-state index contributed by atoms with van der Waals surface area (Å²) in [5.41, 5.74) is 0.243. The third-order valence-corrected chi connectivity index (χ3v) is 4.86. The molecule has 1 unspecified atom stereocenters. The molecule has 21 heavy (non-hydrogen) atoms. The molecule has 2 saturated heterocycles. The van der Waals surface area contributed by atoms with Crippen molar-refractivity contribution in [2.24, 2.45) is 7.05 Å². The van der Waals surface area contributed by atoms with Gasteiger partial charge in [0.2, 0.25) is 5.95 Å². The third-order valence-electron chi connectivity index (χ3n) is 4.86. The highest BCUT2D eigenvalue weighted by Gasteiger charge is 2.50. The van der Waals surface area contributed by atoms with Gasteiger partial charge in [-0.25, -0.2) is 15.0 Å². The molecule has 110 valence electrons. The number of rotatable bonds is 3. The van der Waals surface area contributed by atoms with Crippen LogP contribution in [-0.2, 0) is 13.6 Å². The van der Waals surface area contributed by atoms with Gasteiger partial charge in [-0.05, 0) is 18.9 Å². The molecule has 1 atom stereocenters. The molecule has 0 saturated carbocycles. The van der Waals surface area contributed by atoms with E-state index in [0.29, 0.717) is 0 Å². The van der Waals surface area contributed by atoms with E-state index in [1.165, 1.54) is 12.8 Å². The minimum Gasteiger partial charge on any atom is -0.337 e. The molecule has 0 bridgehead atoms. The van der Waals surface area contributed by atoms with Crippen molar-refractivity contribution in [3.8, 4) is 0 Å². The van der Waals surface area contributed by atoms with Crippen molar-refractivity contribution in [3.05, 3.63) is 36.7 Å². The second-order valence-corrected chi connectivity index (χ2v) is 6.09. The number of anilines is 1. The zero-order valence-electron chi connectivity index (χ0n) is 12.3. The lowest BCUT2D eigenvalue weighted by Crippen LogP contribution is -2.62.